The van der Waals surface area contributed by atoms with Gasteiger partial charge in [-0.2, -0.15) is 5.10 Å². The van der Waals surface area contributed by atoms with Crippen LogP contribution in [-0.4, -0.2) is 37.1 Å². The minimum atomic E-state index is -0.230. The number of hydrogen-bond donors (Lipinski definition) is 1. The average molecular weight is 584 g/mol. The molecule has 0 unspecified atom stereocenters. The maximum atomic E-state index is 12.6. The predicted octanol–water partition coefficient (Wildman–Crippen LogP) is 6.39. The molecule has 0 bridgehead atoms. The third-order valence-electron chi connectivity index (χ3n) is 5.75. The lowest BCUT2D eigenvalue weighted by Gasteiger charge is -2.10. The SMILES string of the molecule is C/C(=N/NC(=O)CSc1nnc(-c2ccncc2)n1-c1ccc(Br)cc1)c1ccc(-c2ccccc2)cc1. The largest absolute Gasteiger partial charge is 0.272 e. The highest BCUT2D eigenvalue weighted by Crippen LogP contribution is 2.28. The summed E-state index contributed by atoms with van der Waals surface area (Å²) >= 11 is 4.78. The summed E-state index contributed by atoms with van der Waals surface area (Å²) in [6.07, 6.45) is 3.43. The third-order valence-corrected chi connectivity index (χ3v) is 7.20. The van der Waals surface area contributed by atoms with Gasteiger partial charge in [-0.15, -0.1) is 10.2 Å². The highest BCUT2D eigenvalue weighted by atomic mass is 79.9. The highest BCUT2D eigenvalue weighted by molar-refractivity contribution is 9.10. The summed E-state index contributed by atoms with van der Waals surface area (Å²) in [5.41, 5.74) is 8.37. The first kappa shape index (κ1) is 25.6. The summed E-state index contributed by atoms with van der Waals surface area (Å²) in [6.45, 7) is 1.87. The Bertz CT molecular complexity index is 1550. The molecule has 0 saturated heterocycles. The molecule has 38 heavy (non-hydrogen) atoms. The van der Waals surface area contributed by atoms with Gasteiger partial charge in [-0.25, -0.2) is 5.43 Å². The molecule has 188 valence electrons. The Hall–Kier alpha value is -4.08. The third kappa shape index (κ3) is 6.07. The van der Waals surface area contributed by atoms with Crippen LogP contribution in [0.1, 0.15) is 12.5 Å². The van der Waals surface area contributed by atoms with Crippen LogP contribution in [0, 0.1) is 0 Å². The monoisotopic (exact) mass is 582 g/mol. The van der Waals surface area contributed by atoms with Crippen LogP contribution in [0.2, 0.25) is 0 Å². The van der Waals surface area contributed by atoms with E-state index in [0.717, 1.165) is 38.1 Å². The predicted molar refractivity (Wildman–Crippen MR) is 155 cm³/mol. The quantitative estimate of drug-likeness (QED) is 0.130. The van der Waals surface area contributed by atoms with Crippen LogP contribution >= 0.6 is 27.7 Å². The molecule has 1 N–H and O–H groups in total. The fraction of sp³-hybridized carbons (Fsp3) is 0.0690. The number of carbonyl (C=O) groups excluding carboxylic acids is 1. The summed E-state index contributed by atoms with van der Waals surface area (Å²) in [7, 11) is 0. The van der Waals surface area contributed by atoms with Crippen molar-refractivity contribution in [2.45, 2.75) is 12.1 Å². The first-order valence-corrected chi connectivity index (χ1v) is 13.6. The number of aromatic nitrogens is 4. The van der Waals surface area contributed by atoms with Crippen LogP contribution in [0.25, 0.3) is 28.2 Å². The van der Waals surface area contributed by atoms with E-state index in [1.807, 2.05) is 78.2 Å². The van der Waals surface area contributed by atoms with E-state index in [2.05, 4.69) is 65.9 Å². The van der Waals surface area contributed by atoms with Crippen molar-refractivity contribution in [3.05, 3.63) is 113 Å². The first-order chi connectivity index (χ1) is 18.6. The fourth-order valence-electron chi connectivity index (χ4n) is 3.78. The molecule has 7 nitrogen and oxygen atoms in total. The van der Waals surface area contributed by atoms with E-state index in [1.54, 1.807) is 12.4 Å². The first-order valence-electron chi connectivity index (χ1n) is 11.8. The summed E-state index contributed by atoms with van der Waals surface area (Å²) in [5.74, 6) is 0.575. The maximum Gasteiger partial charge on any atom is 0.250 e. The molecular formula is C29H23BrN6OS. The molecular weight excluding hydrogens is 560 g/mol. The van der Waals surface area contributed by atoms with Gasteiger partial charge >= 0.3 is 0 Å². The molecule has 5 rings (SSSR count). The average Bonchev–Trinajstić information content (AvgIpc) is 3.40. The van der Waals surface area contributed by atoms with Crippen molar-refractivity contribution < 1.29 is 4.79 Å². The number of nitrogens with zero attached hydrogens (tertiary/aromatic N) is 5. The smallest absolute Gasteiger partial charge is 0.250 e. The Morgan fingerprint density at radius 2 is 1.55 bits per heavy atom. The minimum Gasteiger partial charge on any atom is -0.272 e. The van der Waals surface area contributed by atoms with Crippen molar-refractivity contribution in [3.63, 3.8) is 0 Å². The molecule has 9 heteroatoms. The summed E-state index contributed by atoms with van der Waals surface area (Å²) in [4.78, 5) is 16.7. The van der Waals surface area contributed by atoms with E-state index in [1.165, 1.54) is 11.8 Å². The summed E-state index contributed by atoms with van der Waals surface area (Å²) in [6, 6.07) is 29.9. The maximum absolute atomic E-state index is 12.6. The normalized spacial score (nSPS) is 11.4. The number of nitrogens with one attached hydrogen (secondary N) is 1. The van der Waals surface area contributed by atoms with Gasteiger partial charge in [0.25, 0.3) is 5.91 Å². The lowest BCUT2D eigenvalue weighted by molar-refractivity contribution is -0.118. The zero-order valence-corrected chi connectivity index (χ0v) is 22.9. The van der Waals surface area contributed by atoms with Crippen LogP contribution in [0.3, 0.4) is 0 Å². The van der Waals surface area contributed by atoms with Gasteiger partial charge in [0.05, 0.1) is 11.5 Å². The van der Waals surface area contributed by atoms with Crippen molar-refractivity contribution in [3.8, 4) is 28.2 Å². The van der Waals surface area contributed by atoms with Crippen molar-refractivity contribution in [2.24, 2.45) is 5.10 Å². The van der Waals surface area contributed by atoms with Gasteiger partial charge < -0.3 is 0 Å². The number of hydrazone groups is 1. The molecule has 0 fully saturated rings. The topological polar surface area (TPSA) is 85.1 Å². The standard InChI is InChI=1S/C29H23BrN6OS/c1-20(21-7-9-23(10-8-21)22-5-3-2-4-6-22)32-33-27(37)19-38-29-35-34-28(24-15-17-31-18-16-24)36(29)26-13-11-25(30)12-14-26/h2-18H,19H2,1H3,(H,33,37)/b32-20-. The van der Waals surface area contributed by atoms with E-state index in [9.17, 15) is 4.79 Å². The van der Waals surface area contributed by atoms with E-state index in [0.29, 0.717) is 11.0 Å². The minimum absolute atomic E-state index is 0.134. The zero-order chi connectivity index (χ0) is 26.3. The second-order valence-corrected chi connectivity index (χ2v) is 10.2. The van der Waals surface area contributed by atoms with Crippen molar-refractivity contribution in [1.82, 2.24) is 25.2 Å². The van der Waals surface area contributed by atoms with Crippen LogP contribution in [0.5, 0.6) is 0 Å². The summed E-state index contributed by atoms with van der Waals surface area (Å²) < 4.78 is 2.90. The number of hydrogen-bond acceptors (Lipinski definition) is 6. The van der Waals surface area contributed by atoms with Crippen LogP contribution < -0.4 is 5.43 Å². The number of rotatable bonds is 8. The van der Waals surface area contributed by atoms with E-state index >= 15 is 0 Å². The molecule has 0 atom stereocenters. The zero-order valence-electron chi connectivity index (χ0n) is 20.5. The van der Waals surface area contributed by atoms with Crippen molar-refractivity contribution in [2.75, 3.05) is 5.75 Å². The Morgan fingerprint density at radius 1 is 0.868 bits per heavy atom. The molecule has 2 aromatic heterocycles. The molecule has 2 heterocycles. The van der Waals surface area contributed by atoms with Gasteiger partial charge in [-0.3, -0.25) is 14.3 Å². The van der Waals surface area contributed by atoms with Crippen LogP contribution in [-0.2, 0) is 4.79 Å². The number of halogens is 1. The van der Waals surface area contributed by atoms with E-state index < -0.39 is 0 Å². The Labute approximate surface area is 233 Å². The molecule has 0 spiro atoms. The molecule has 0 aliphatic rings. The summed E-state index contributed by atoms with van der Waals surface area (Å²) in [5, 5.41) is 13.7. The number of carbonyl (C=O) groups is 1. The van der Waals surface area contributed by atoms with Crippen molar-refractivity contribution >= 4 is 39.3 Å². The highest BCUT2D eigenvalue weighted by Gasteiger charge is 2.17. The Morgan fingerprint density at radius 3 is 2.26 bits per heavy atom. The van der Waals surface area contributed by atoms with Gasteiger partial charge in [0.15, 0.2) is 11.0 Å². The van der Waals surface area contributed by atoms with Crippen molar-refractivity contribution in [1.29, 1.82) is 0 Å². The lowest BCUT2D eigenvalue weighted by Crippen LogP contribution is -2.21. The molecule has 0 aliphatic carbocycles. The number of benzene rings is 3. The second-order valence-electron chi connectivity index (χ2n) is 8.32. The number of thioether (sulfide) groups is 1. The lowest BCUT2D eigenvalue weighted by atomic mass is 10.0. The molecule has 5 aromatic rings. The van der Waals surface area contributed by atoms with Crippen LogP contribution in [0.15, 0.2) is 118 Å². The molecule has 1 amide bonds. The molecule has 3 aromatic carbocycles. The number of pyridine rings is 1. The van der Waals surface area contributed by atoms with E-state index in [4.69, 9.17) is 0 Å². The molecule has 0 aliphatic heterocycles. The second kappa shape index (κ2) is 12.0. The number of amides is 1. The van der Waals surface area contributed by atoms with Gasteiger partial charge in [-0.05, 0) is 60.0 Å². The Balaban J connectivity index is 1.27. The van der Waals surface area contributed by atoms with Gasteiger partial charge in [0, 0.05) is 28.1 Å². The van der Waals surface area contributed by atoms with Gasteiger partial charge in [0.2, 0.25) is 0 Å². The molecule has 0 radical (unpaired) electrons. The van der Waals surface area contributed by atoms with Gasteiger partial charge in [-0.1, -0.05) is 82.3 Å². The van der Waals surface area contributed by atoms with E-state index in [-0.39, 0.29) is 11.7 Å². The Kier molecular flexibility index (Phi) is 8.06. The molecule has 0 saturated carbocycles. The van der Waals surface area contributed by atoms with Crippen LogP contribution in [0.4, 0.5) is 0 Å². The fourth-order valence-corrected chi connectivity index (χ4v) is 4.79. The van der Waals surface area contributed by atoms with Gasteiger partial charge in [0.1, 0.15) is 0 Å².